The van der Waals surface area contributed by atoms with Crippen LogP contribution >= 0.6 is 0 Å². The number of carbonyl (C=O) groups is 2. The van der Waals surface area contributed by atoms with Gasteiger partial charge in [-0.3, -0.25) is 4.79 Å². The lowest BCUT2D eigenvalue weighted by Crippen LogP contribution is -2.52. The molecule has 3 aromatic rings. The SMILES string of the molecule is COc1cc(C)c(N(C)C(=O)C(Cc2ccccc2)NC(=O)NS(=O)(=O)c2ccccc2C)cc1C. The maximum absolute atomic E-state index is 13.6. The van der Waals surface area contributed by atoms with Crippen molar-refractivity contribution in [1.29, 1.82) is 0 Å². The Kier molecular flexibility index (Phi) is 8.37. The molecule has 3 aromatic carbocycles. The van der Waals surface area contributed by atoms with Crippen LogP contribution in [0.4, 0.5) is 10.5 Å². The van der Waals surface area contributed by atoms with Crippen molar-refractivity contribution in [2.75, 3.05) is 19.1 Å². The molecule has 0 spiro atoms. The average molecular weight is 510 g/mol. The lowest BCUT2D eigenvalue weighted by Gasteiger charge is -2.27. The standard InChI is InChI=1S/C27H31N3O5S/c1-18-11-9-10-14-25(18)36(33,34)29-27(32)28-22(17-21-12-7-6-8-13-21)26(31)30(4)23-15-20(3)24(35-5)16-19(23)2/h6-16,22H,17H2,1-5H3,(H2,28,29,32). The van der Waals surface area contributed by atoms with E-state index in [9.17, 15) is 18.0 Å². The molecule has 0 aliphatic carbocycles. The molecule has 0 aliphatic heterocycles. The first-order chi connectivity index (χ1) is 17.0. The summed E-state index contributed by atoms with van der Waals surface area (Å²) in [6.45, 7) is 5.38. The van der Waals surface area contributed by atoms with Gasteiger partial charge in [0.1, 0.15) is 11.8 Å². The first-order valence-electron chi connectivity index (χ1n) is 11.4. The van der Waals surface area contributed by atoms with Crippen LogP contribution in [0.15, 0.2) is 71.6 Å². The Morgan fingerprint density at radius 3 is 2.19 bits per heavy atom. The number of urea groups is 1. The van der Waals surface area contributed by atoms with Crippen molar-refractivity contribution in [1.82, 2.24) is 10.0 Å². The predicted octanol–water partition coefficient (Wildman–Crippen LogP) is 3.88. The first kappa shape index (κ1) is 26.7. The van der Waals surface area contributed by atoms with Crippen molar-refractivity contribution >= 4 is 27.6 Å². The highest BCUT2D eigenvalue weighted by atomic mass is 32.2. The van der Waals surface area contributed by atoms with Crippen LogP contribution < -0.4 is 19.7 Å². The van der Waals surface area contributed by atoms with Crippen LogP contribution in [-0.2, 0) is 21.2 Å². The van der Waals surface area contributed by atoms with Crippen molar-refractivity contribution in [3.63, 3.8) is 0 Å². The van der Waals surface area contributed by atoms with Gasteiger partial charge in [0, 0.05) is 19.2 Å². The predicted molar refractivity (Wildman–Crippen MR) is 140 cm³/mol. The number of hydrogen-bond donors (Lipinski definition) is 2. The lowest BCUT2D eigenvalue weighted by molar-refractivity contribution is -0.120. The van der Waals surface area contributed by atoms with Gasteiger partial charge in [-0.15, -0.1) is 0 Å². The number of anilines is 1. The minimum absolute atomic E-state index is 0.00691. The molecule has 36 heavy (non-hydrogen) atoms. The molecule has 3 amide bonds. The van der Waals surface area contributed by atoms with Crippen LogP contribution in [0, 0.1) is 20.8 Å². The van der Waals surface area contributed by atoms with E-state index in [2.05, 4.69) is 5.32 Å². The second kappa shape index (κ2) is 11.3. The molecule has 0 heterocycles. The zero-order valence-electron chi connectivity index (χ0n) is 21.0. The number of nitrogens with one attached hydrogen (secondary N) is 2. The summed E-state index contributed by atoms with van der Waals surface area (Å²) < 4.78 is 33.0. The molecular weight excluding hydrogens is 478 g/mol. The Balaban J connectivity index is 1.87. The molecule has 2 N–H and O–H groups in total. The third-order valence-corrected chi connectivity index (χ3v) is 7.39. The molecule has 9 heteroatoms. The van der Waals surface area contributed by atoms with Gasteiger partial charge in [0.2, 0.25) is 5.91 Å². The number of ether oxygens (including phenoxy) is 1. The lowest BCUT2D eigenvalue weighted by atomic mass is 10.0. The molecule has 0 fully saturated rings. The smallest absolute Gasteiger partial charge is 0.329 e. The normalized spacial score (nSPS) is 11.9. The van der Waals surface area contributed by atoms with Gasteiger partial charge in [0.15, 0.2) is 0 Å². The largest absolute Gasteiger partial charge is 0.496 e. The molecule has 1 atom stereocenters. The zero-order valence-corrected chi connectivity index (χ0v) is 21.8. The summed E-state index contributed by atoms with van der Waals surface area (Å²) in [5, 5.41) is 2.57. The van der Waals surface area contributed by atoms with Gasteiger partial charge < -0.3 is 15.0 Å². The maximum Gasteiger partial charge on any atom is 0.329 e. The fourth-order valence-corrected chi connectivity index (χ4v) is 5.14. The summed E-state index contributed by atoms with van der Waals surface area (Å²) in [6, 6.07) is 17.2. The van der Waals surface area contributed by atoms with E-state index in [1.165, 1.54) is 11.0 Å². The van der Waals surface area contributed by atoms with Gasteiger partial charge in [0.05, 0.1) is 12.0 Å². The highest BCUT2D eigenvalue weighted by molar-refractivity contribution is 7.90. The Morgan fingerprint density at radius 1 is 0.917 bits per heavy atom. The highest BCUT2D eigenvalue weighted by Gasteiger charge is 2.28. The fraction of sp³-hybridized carbons (Fsp3) is 0.259. The summed E-state index contributed by atoms with van der Waals surface area (Å²) in [6.07, 6.45) is 0.177. The topological polar surface area (TPSA) is 105 Å². The number of sulfonamides is 1. The van der Waals surface area contributed by atoms with Crippen molar-refractivity contribution in [2.24, 2.45) is 0 Å². The number of rotatable bonds is 8. The van der Waals surface area contributed by atoms with E-state index in [1.54, 1.807) is 39.3 Å². The van der Waals surface area contributed by atoms with E-state index in [-0.39, 0.29) is 11.3 Å². The van der Waals surface area contributed by atoms with Gasteiger partial charge in [-0.05, 0) is 61.2 Å². The number of aryl methyl sites for hydroxylation is 3. The number of likely N-dealkylation sites (N-methyl/N-ethyl adjacent to an activating group) is 1. The van der Waals surface area contributed by atoms with E-state index in [4.69, 9.17) is 4.74 Å². The molecule has 0 aromatic heterocycles. The van der Waals surface area contributed by atoms with Crippen molar-refractivity contribution in [3.05, 3.63) is 89.0 Å². The maximum atomic E-state index is 13.6. The summed E-state index contributed by atoms with van der Waals surface area (Å²) in [4.78, 5) is 27.9. The van der Waals surface area contributed by atoms with Crippen LogP contribution in [0.5, 0.6) is 5.75 Å². The summed E-state index contributed by atoms with van der Waals surface area (Å²) in [5.74, 6) is 0.312. The quantitative estimate of drug-likeness (QED) is 0.480. The van der Waals surface area contributed by atoms with Crippen LogP contribution in [0.25, 0.3) is 0 Å². The number of carbonyl (C=O) groups excluding carboxylic acids is 2. The van der Waals surface area contributed by atoms with Crippen molar-refractivity contribution in [3.8, 4) is 5.75 Å². The molecule has 8 nitrogen and oxygen atoms in total. The Labute approximate surface area is 212 Å². The molecule has 0 saturated carbocycles. The average Bonchev–Trinajstić information content (AvgIpc) is 2.84. The van der Waals surface area contributed by atoms with Crippen molar-refractivity contribution < 1.29 is 22.7 Å². The van der Waals surface area contributed by atoms with Gasteiger partial charge >= 0.3 is 6.03 Å². The van der Waals surface area contributed by atoms with Crippen LogP contribution in [0.1, 0.15) is 22.3 Å². The van der Waals surface area contributed by atoms with Crippen LogP contribution in [0.3, 0.4) is 0 Å². The molecule has 190 valence electrons. The van der Waals surface area contributed by atoms with Crippen molar-refractivity contribution in [2.45, 2.75) is 38.1 Å². The molecular formula is C27H31N3O5S. The second-order valence-electron chi connectivity index (χ2n) is 8.59. The Morgan fingerprint density at radius 2 is 1.56 bits per heavy atom. The van der Waals surface area contributed by atoms with E-state index in [0.717, 1.165) is 16.7 Å². The monoisotopic (exact) mass is 509 g/mol. The van der Waals surface area contributed by atoms with Gasteiger partial charge in [-0.1, -0.05) is 48.5 Å². The first-order valence-corrected chi connectivity index (χ1v) is 12.9. The highest BCUT2D eigenvalue weighted by Crippen LogP contribution is 2.28. The summed E-state index contributed by atoms with van der Waals surface area (Å²) >= 11 is 0. The molecule has 0 saturated heterocycles. The molecule has 0 radical (unpaired) electrons. The van der Waals surface area contributed by atoms with Gasteiger partial charge in [-0.25, -0.2) is 17.9 Å². The van der Waals surface area contributed by atoms with Gasteiger partial charge in [-0.2, -0.15) is 0 Å². The van der Waals surface area contributed by atoms with Crippen LogP contribution in [0.2, 0.25) is 0 Å². The number of hydrogen-bond acceptors (Lipinski definition) is 5. The van der Waals surface area contributed by atoms with E-state index >= 15 is 0 Å². The third-order valence-electron chi connectivity index (χ3n) is 5.90. The number of nitrogens with zero attached hydrogens (tertiary/aromatic N) is 1. The summed E-state index contributed by atoms with van der Waals surface area (Å²) in [5.41, 5.74) is 3.64. The zero-order chi connectivity index (χ0) is 26.5. The van der Waals surface area contributed by atoms with E-state index < -0.39 is 28.0 Å². The molecule has 0 aliphatic rings. The van der Waals surface area contributed by atoms with Gasteiger partial charge in [0.25, 0.3) is 10.0 Å². The molecule has 0 bridgehead atoms. The number of methoxy groups -OCH3 is 1. The molecule has 3 rings (SSSR count). The summed E-state index contributed by atoms with van der Waals surface area (Å²) in [7, 11) is -0.921. The third kappa shape index (κ3) is 6.23. The van der Waals surface area contributed by atoms with Crippen LogP contribution in [-0.4, -0.2) is 40.6 Å². The fourth-order valence-electron chi connectivity index (χ4n) is 3.98. The Hall–Kier alpha value is -3.85. The van der Waals surface area contributed by atoms with E-state index in [0.29, 0.717) is 17.0 Å². The minimum Gasteiger partial charge on any atom is -0.496 e. The Bertz CT molecular complexity index is 1360. The number of amides is 3. The number of benzene rings is 3. The van der Waals surface area contributed by atoms with E-state index in [1.807, 2.05) is 61.0 Å². The molecule has 1 unspecified atom stereocenters. The second-order valence-corrected chi connectivity index (χ2v) is 10.2. The minimum atomic E-state index is -4.13.